The van der Waals surface area contributed by atoms with Crippen LogP contribution >= 0.6 is 11.6 Å². The minimum atomic E-state index is -1.08. The summed E-state index contributed by atoms with van der Waals surface area (Å²) in [5.41, 5.74) is 0.729. The topological polar surface area (TPSA) is 75.6 Å². The van der Waals surface area contributed by atoms with Crippen LogP contribution < -0.4 is 10.1 Å². The lowest BCUT2D eigenvalue weighted by atomic mass is 10.1. The molecule has 2 N–H and O–H groups in total. The number of benzene rings is 1. The van der Waals surface area contributed by atoms with E-state index in [0.29, 0.717) is 5.56 Å². The summed E-state index contributed by atoms with van der Waals surface area (Å²) in [5.74, 6) is -1.22. The van der Waals surface area contributed by atoms with Crippen molar-refractivity contribution in [2.75, 3.05) is 13.0 Å². The van der Waals surface area contributed by atoms with E-state index in [1.54, 1.807) is 12.1 Å². The molecule has 1 aromatic rings. The van der Waals surface area contributed by atoms with E-state index in [9.17, 15) is 9.59 Å². The van der Waals surface area contributed by atoms with Crippen LogP contribution in [0.15, 0.2) is 18.2 Å². The fraction of sp³-hybridized carbons (Fsp3) is 0.273. The molecule has 92 valence electrons. The van der Waals surface area contributed by atoms with Crippen molar-refractivity contribution in [3.63, 3.8) is 0 Å². The molecule has 0 aliphatic rings. The monoisotopic (exact) mass is 257 g/mol. The summed E-state index contributed by atoms with van der Waals surface area (Å²) in [6.45, 7) is 0.232. The Hall–Kier alpha value is -1.75. The lowest BCUT2D eigenvalue weighted by molar-refractivity contribution is -0.118. The maximum absolute atomic E-state index is 10.9. The molecule has 0 heterocycles. The zero-order chi connectivity index (χ0) is 12.8. The van der Waals surface area contributed by atoms with E-state index >= 15 is 0 Å². The van der Waals surface area contributed by atoms with Gasteiger partial charge in [0.1, 0.15) is 17.2 Å². The molecule has 0 fully saturated rings. The highest BCUT2D eigenvalue weighted by Crippen LogP contribution is 2.19. The van der Waals surface area contributed by atoms with Crippen molar-refractivity contribution in [3.05, 3.63) is 29.3 Å². The summed E-state index contributed by atoms with van der Waals surface area (Å²) in [4.78, 5) is 21.9. The summed E-state index contributed by atoms with van der Waals surface area (Å²) in [6, 6.07) is 4.68. The van der Waals surface area contributed by atoms with Crippen molar-refractivity contribution in [1.82, 2.24) is 5.32 Å². The number of hydrogen-bond acceptors (Lipinski definition) is 3. The van der Waals surface area contributed by atoms with Gasteiger partial charge in [-0.1, -0.05) is 6.07 Å². The Balaban J connectivity index is 2.85. The molecule has 0 unspecified atom stereocenters. The molecule has 1 aromatic carbocycles. The first-order valence-corrected chi connectivity index (χ1v) is 5.34. The fourth-order valence-corrected chi connectivity index (χ4v) is 1.37. The normalized spacial score (nSPS) is 9.76. The third kappa shape index (κ3) is 3.64. The summed E-state index contributed by atoms with van der Waals surface area (Å²) < 4.78 is 4.92. The summed E-state index contributed by atoms with van der Waals surface area (Å²) >= 11 is 5.32. The van der Waals surface area contributed by atoms with Crippen molar-refractivity contribution >= 4 is 23.5 Å². The number of amides is 1. The Kier molecular flexibility index (Phi) is 4.78. The molecule has 0 aliphatic heterocycles. The van der Waals surface area contributed by atoms with Gasteiger partial charge in [0.05, 0.1) is 7.11 Å². The van der Waals surface area contributed by atoms with E-state index in [4.69, 9.17) is 21.4 Å². The molecule has 0 aliphatic carbocycles. The van der Waals surface area contributed by atoms with Gasteiger partial charge in [0.15, 0.2) is 0 Å². The number of hydrogen-bond donors (Lipinski definition) is 2. The standard InChI is InChI=1S/C11H12ClNO4/c1-17-9-3-2-7(4-8(9)11(15)16)6-13-10(14)5-12/h2-4H,5-6H2,1H3,(H,13,14)(H,15,16). The Morgan fingerprint density at radius 1 is 1.47 bits per heavy atom. The Labute approximate surface area is 103 Å². The highest BCUT2D eigenvalue weighted by atomic mass is 35.5. The number of aromatic carboxylic acids is 1. The smallest absolute Gasteiger partial charge is 0.339 e. The number of carboxylic acid groups (broad SMARTS) is 1. The number of methoxy groups -OCH3 is 1. The molecule has 0 spiro atoms. The molecule has 0 radical (unpaired) electrons. The first kappa shape index (κ1) is 13.3. The largest absolute Gasteiger partial charge is 0.496 e. The number of ether oxygens (including phenoxy) is 1. The number of carboxylic acids is 1. The highest BCUT2D eigenvalue weighted by Gasteiger charge is 2.11. The van der Waals surface area contributed by atoms with Gasteiger partial charge in [-0.2, -0.15) is 0 Å². The van der Waals surface area contributed by atoms with Crippen molar-refractivity contribution in [3.8, 4) is 5.75 Å². The third-order valence-corrected chi connectivity index (χ3v) is 2.35. The SMILES string of the molecule is COc1ccc(CNC(=O)CCl)cc1C(=O)O. The third-order valence-electron chi connectivity index (χ3n) is 2.11. The van der Waals surface area contributed by atoms with Gasteiger partial charge in [-0.05, 0) is 17.7 Å². The van der Waals surface area contributed by atoms with Gasteiger partial charge in [0, 0.05) is 6.54 Å². The number of carbonyl (C=O) groups excluding carboxylic acids is 1. The van der Waals surface area contributed by atoms with Crippen molar-refractivity contribution < 1.29 is 19.4 Å². The van der Waals surface area contributed by atoms with Crippen LogP contribution in [-0.2, 0) is 11.3 Å². The summed E-state index contributed by atoms with van der Waals surface area (Å²) in [6.07, 6.45) is 0. The second kappa shape index (κ2) is 6.10. The van der Waals surface area contributed by atoms with Gasteiger partial charge in [-0.15, -0.1) is 11.6 Å². The van der Waals surface area contributed by atoms with E-state index in [2.05, 4.69) is 5.32 Å². The molecule has 0 saturated carbocycles. The Morgan fingerprint density at radius 3 is 2.71 bits per heavy atom. The molecule has 0 atom stereocenters. The molecular formula is C11H12ClNO4. The average Bonchev–Trinajstić information content (AvgIpc) is 2.35. The second-order valence-electron chi connectivity index (χ2n) is 3.25. The Bertz CT molecular complexity index is 433. The van der Waals surface area contributed by atoms with E-state index in [1.165, 1.54) is 13.2 Å². The van der Waals surface area contributed by atoms with E-state index in [-0.39, 0.29) is 29.6 Å². The van der Waals surface area contributed by atoms with Crippen molar-refractivity contribution in [2.45, 2.75) is 6.54 Å². The van der Waals surface area contributed by atoms with Crippen LogP contribution in [0.5, 0.6) is 5.75 Å². The first-order chi connectivity index (χ1) is 8.08. The zero-order valence-electron chi connectivity index (χ0n) is 9.20. The summed E-state index contributed by atoms with van der Waals surface area (Å²) in [7, 11) is 1.40. The summed E-state index contributed by atoms with van der Waals surface area (Å²) in [5, 5.41) is 11.5. The maximum atomic E-state index is 10.9. The number of alkyl halides is 1. The molecule has 0 saturated heterocycles. The predicted molar refractivity (Wildman–Crippen MR) is 62.5 cm³/mol. The van der Waals surface area contributed by atoms with Gasteiger partial charge in [-0.25, -0.2) is 4.79 Å². The van der Waals surface area contributed by atoms with Crippen LogP contribution in [0.25, 0.3) is 0 Å². The van der Waals surface area contributed by atoms with E-state index in [1.807, 2.05) is 0 Å². The molecule has 17 heavy (non-hydrogen) atoms. The highest BCUT2D eigenvalue weighted by molar-refractivity contribution is 6.27. The number of carbonyl (C=O) groups is 2. The zero-order valence-corrected chi connectivity index (χ0v) is 9.95. The Morgan fingerprint density at radius 2 is 2.18 bits per heavy atom. The minimum Gasteiger partial charge on any atom is -0.496 e. The number of halogens is 1. The molecule has 5 nitrogen and oxygen atoms in total. The van der Waals surface area contributed by atoms with Gasteiger partial charge in [0.25, 0.3) is 0 Å². The maximum Gasteiger partial charge on any atom is 0.339 e. The van der Waals surface area contributed by atoms with Gasteiger partial charge >= 0.3 is 5.97 Å². The van der Waals surface area contributed by atoms with Crippen LogP contribution in [0.1, 0.15) is 15.9 Å². The van der Waals surface area contributed by atoms with Crippen molar-refractivity contribution in [1.29, 1.82) is 0 Å². The van der Waals surface area contributed by atoms with Crippen LogP contribution in [0.4, 0.5) is 0 Å². The second-order valence-corrected chi connectivity index (χ2v) is 3.52. The van der Waals surface area contributed by atoms with Gasteiger partial charge < -0.3 is 15.2 Å². The fourth-order valence-electron chi connectivity index (χ4n) is 1.28. The van der Waals surface area contributed by atoms with Gasteiger partial charge in [-0.3, -0.25) is 4.79 Å². The predicted octanol–water partition coefficient (Wildman–Crippen LogP) is 1.25. The van der Waals surface area contributed by atoms with Crippen LogP contribution in [0, 0.1) is 0 Å². The van der Waals surface area contributed by atoms with E-state index < -0.39 is 5.97 Å². The molecular weight excluding hydrogens is 246 g/mol. The lowest BCUT2D eigenvalue weighted by Crippen LogP contribution is -2.23. The first-order valence-electron chi connectivity index (χ1n) is 4.81. The van der Waals surface area contributed by atoms with Crippen LogP contribution in [0.3, 0.4) is 0 Å². The lowest BCUT2D eigenvalue weighted by Gasteiger charge is -2.08. The molecule has 0 bridgehead atoms. The van der Waals surface area contributed by atoms with Crippen molar-refractivity contribution in [2.24, 2.45) is 0 Å². The quantitative estimate of drug-likeness (QED) is 0.779. The van der Waals surface area contributed by atoms with Crippen LogP contribution in [-0.4, -0.2) is 30.0 Å². The average molecular weight is 258 g/mol. The molecule has 1 rings (SSSR count). The minimum absolute atomic E-state index is 0.0603. The van der Waals surface area contributed by atoms with Gasteiger partial charge in [0.2, 0.25) is 5.91 Å². The van der Waals surface area contributed by atoms with Crippen LogP contribution in [0.2, 0.25) is 0 Å². The molecule has 0 aromatic heterocycles. The number of nitrogens with one attached hydrogen (secondary N) is 1. The molecule has 1 amide bonds. The molecule has 6 heteroatoms. The van der Waals surface area contributed by atoms with E-state index in [0.717, 1.165) is 0 Å². The number of rotatable bonds is 5.